The van der Waals surface area contributed by atoms with Crippen LogP contribution >= 0.6 is 23.9 Å². The lowest BCUT2D eigenvalue weighted by Gasteiger charge is -2.34. The number of hydrogen-bond acceptors (Lipinski definition) is 3. The van der Waals surface area contributed by atoms with Crippen LogP contribution in [-0.2, 0) is 4.74 Å². The molecule has 1 fully saturated rings. The van der Waals surface area contributed by atoms with Crippen molar-refractivity contribution < 1.29 is 32.0 Å². The van der Waals surface area contributed by atoms with Gasteiger partial charge in [0.05, 0.1) is 37.1 Å². The molecule has 0 amide bonds. The molecule has 0 bridgehead atoms. The minimum atomic E-state index is 0. The molecule has 1 saturated heterocycles. The van der Waals surface area contributed by atoms with Crippen molar-refractivity contribution in [2.24, 2.45) is 0 Å². The molecular weight excluding hydrogens is 293 g/mol. The van der Waals surface area contributed by atoms with Gasteiger partial charge in [0.25, 0.3) is 0 Å². The Morgan fingerprint density at radius 3 is 1.82 bits per heavy atom. The van der Waals surface area contributed by atoms with E-state index < -0.39 is 0 Å². The smallest absolute Gasteiger partial charge is 0.124 e. The van der Waals surface area contributed by atoms with Crippen molar-refractivity contribution in [1.82, 2.24) is 0 Å². The van der Waals surface area contributed by atoms with E-state index in [0.717, 1.165) is 29.6 Å². The highest BCUT2D eigenvalue weighted by molar-refractivity contribution is 8.05. The summed E-state index contributed by atoms with van der Waals surface area (Å²) in [7, 11) is 0. The Labute approximate surface area is 94.3 Å². The van der Waals surface area contributed by atoms with E-state index >= 15 is 0 Å². The van der Waals surface area contributed by atoms with Gasteiger partial charge in [0, 0.05) is 12.5 Å². The Morgan fingerprint density at radius 1 is 1.09 bits per heavy atom. The predicted molar refractivity (Wildman–Crippen MR) is 47.8 cm³/mol. The van der Waals surface area contributed by atoms with Crippen LogP contribution in [0.25, 0.3) is 0 Å². The van der Waals surface area contributed by atoms with Crippen LogP contribution in [0, 0.1) is 0 Å². The molecule has 68 valence electrons. The molecule has 0 saturated carbocycles. The van der Waals surface area contributed by atoms with Gasteiger partial charge in [0.2, 0.25) is 0 Å². The lowest BCUT2D eigenvalue weighted by molar-refractivity contribution is -0.662. The molecule has 0 aliphatic carbocycles. The first-order valence-corrected chi connectivity index (χ1v) is 5.75. The van der Waals surface area contributed by atoms with Gasteiger partial charge in [-0.25, -0.2) is 0 Å². The molecule has 0 unspecified atom stereocenters. The number of nitrogens with zero attached hydrogens (tertiary/aromatic N) is 1. The second-order valence-corrected chi connectivity index (χ2v) is 4.60. The Balaban J connectivity index is 0.000001000. The average molecular weight is 307 g/mol. The maximum absolute atomic E-state index is 5.29. The number of ether oxygens (including phenoxy) is 1. The number of morpholine rings is 1. The summed E-state index contributed by atoms with van der Waals surface area (Å²) in [6.45, 7) is 4.12. The van der Waals surface area contributed by atoms with Gasteiger partial charge in [0.1, 0.15) is 13.1 Å². The van der Waals surface area contributed by atoms with E-state index in [0.29, 0.717) is 0 Å². The summed E-state index contributed by atoms with van der Waals surface area (Å²) in [4.78, 5) is 0. The van der Waals surface area contributed by atoms with Crippen molar-refractivity contribution in [2.45, 2.75) is 0 Å². The van der Waals surface area contributed by atoms with Gasteiger partial charge in [-0.15, -0.1) is 0 Å². The fourth-order valence-corrected chi connectivity index (χ4v) is 2.69. The largest absolute Gasteiger partial charge is 1.00 e. The van der Waals surface area contributed by atoms with Gasteiger partial charge in [-0.05, 0) is 0 Å². The van der Waals surface area contributed by atoms with E-state index in [1.165, 1.54) is 0 Å². The Morgan fingerprint density at radius 2 is 1.55 bits per heavy atom. The molecule has 1 aliphatic heterocycles. The van der Waals surface area contributed by atoms with Crippen LogP contribution in [0.3, 0.4) is 0 Å². The van der Waals surface area contributed by atoms with E-state index in [1.807, 2.05) is 23.9 Å². The van der Waals surface area contributed by atoms with Crippen molar-refractivity contribution in [3.63, 3.8) is 0 Å². The van der Waals surface area contributed by atoms with Crippen molar-refractivity contribution in [3.8, 4) is 0 Å². The SMILES string of the molecule is CS[N+]1(SC)CCOCC1.[I-]. The van der Waals surface area contributed by atoms with Crippen LogP contribution in [0.4, 0.5) is 0 Å². The predicted octanol–water partition coefficient (Wildman–Crippen LogP) is -1.61. The summed E-state index contributed by atoms with van der Waals surface area (Å²) in [5.41, 5.74) is 0. The highest BCUT2D eigenvalue weighted by Crippen LogP contribution is 2.31. The van der Waals surface area contributed by atoms with Crippen LogP contribution in [0.5, 0.6) is 0 Å². The third-order valence-electron chi connectivity index (χ3n) is 1.82. The summed E-state index contributed by atoms with van der Waals surface area (Å²) in [6.07, 6.45) is 4.34. The van der Waals surface area contributed by atoms with Gasteiger partial charge >= 0.3 is 0 Å². The summed E-state index contributed by atoms with van der Waals surface area (Å²) in [6, 6.07) is 0. The summed E-state index contributed by atoms with van der Waals surface area (Å²) >= 11 is 3.83. The molecule has 11 heavy (non-hydrogen) atoms. The highest BCUT2D eigenvalue weighted by Gasteiger charge is 2.30. The van der Waals surface area contributed by atoms with Gasteiger partial charge in [-0.2, -0.15) is 3.29 Å². The number of rotatable bonds is 2. The van der Waals surface area contributed by atoms with E-state index in [9.17, 15) is 0 Å². The average Bonchev–Trinajstić information content (AvgIpc) is 2.06. The third-order valence-corrected chi connectivity index (χ3v) is 4.77. The first kappa shape index (κ1) is 12.3. The maximum atomic E-state index is 5.29. The molecule has 0 aromatic carbocycles. The third kappa shape index (κ3) is 3.30. The van der Waals surface area contributed by atoms with Crippen molar-refractivity contribution in [3.05, 3.63) is 0 Å². The molecule has 0 N–H and O–H groups in total. The fourth-order valence-electron chi connectivity index (χ4n) is 1.06. The van der Waals surface area contributed by atoms with Crippen molar-refractivity contribution in [1.29, 1.82) is 0 Å². The number of quaternary nitrogens is 1. The zero-order chi connectivity index (χ0) is 7.45. The monoisotopic (exact) mass is 307 g/mol. The second-order valence-electron chi connectivity index (χ2n) is 2.24. The molecule has 2 nitrogen and oxygen atoms in total. The standard InChI is InChI=1S/C6H14NOS2.HI/c1-9-7(10-2)3-5-8-6-4-7;/h3-6H2,1-2H3;1H/q+1;/p-1. The normalized spacial score (nSPS) is 22.4. The number of halogens is 1. The molecule has 5 heteroatoms. The zero-order valence-electron chi connectivity index (χ0n) is 6.88. The van der Waals surface area contributed by atoms with Crippen molar-refractivity contribution >= 4 is 23.9 Å². The maximum Gasteiger partial charge on any atom is 0.124 e. The Hall–Kier alpha value is 1.35. The fraction of sp³-hybridized carbons (Fsp3) is 1.00. The highest BCUT2D eigenvalue weighted by atomic mass is 127. The lowest BCUT2D eigenvalue weighted by Crippen LogP contribution is -3.00. The Bertz CT molecular complexity index is 103. The van der Waals surface area contributed by atoms with Gasteiger partial charge in [-0.1, -0.05) is 0 Å². The van der Waals surface area contributed by atoms with E-state index in [2.05, 4.69) is 12.5 Å². The molecule has 0 aromatic heterocycles. The summed E-state index contributed by atoms with van der Waals surface area (Å²) in [5, 5.41) is 0. The molecule has 0 spiro atoms. The van der Waals surface area contributed by atoms with Crippen LogP contribution in [0.1, 0.15) is 0 Å². The summed E-state index contributed by atoms with van der Waals surface area (Å²) < 4.78 is 6.38. The molecule has 0 atom stereocenters. The number of hydrogen-bond donors (Lipinski definition) is 0. The van der Waals surface area contributed by atoms with E-state index in [1.54, 1.807) is 0 Å². The molecule has 0 radical (unpaired) electrons. The van der Waals surface area contributed by atoms with Crippen molar-refractivity contribution in [2.75, 3.05) is 38.8 Å². The molecule has 1 rings (SSSR count). The molecule has 0 aromatic rings. The van der Waals surface area contributed by atoms with Gasteiger partial charge < -0.3 is 28.7 Å². The second kappa shape index (κ2) is 5.90. The lowest BCUT2D eigenvalue weighted by atomic mass is 10.5. The van der Waals surface area contributed by atoms with E-state index in [-0.39, 0.29) is 24.0 Å². The Kier molecular flexibility index (Phi) is 6.63. The zero-order valence-corrected chi connectivity index (χ0v) is 10.7. The quantitative estimate of drug-likeness (QED) is 0.345. The first-order valence-electron chi connectivity index (χ1n) is 3.39. The van der Waals surface area contributed by atoms with Crippen LogP contribution in [-0.4, -0.2) is 42.1 Å². The first-order chi connectivity index (χ1) is 4.83. The van der Waals surface area contributed by atoms with Gasteiger partial charge in [-0.3, -0.25) is 0 Å². The minimum Gasteiger partial charge on any atom is -1.00 e. The van der Waals surface area contributed by atoms with Crippen LogP contribution < -0.4 is 24.0 Å². The molecular formula is C6H14INOS2. The van der Waals surface area contributed by atoms with Crippen LogP contribution in [0.2, 0.25) is 0 Å². The minimum absolute atomic E-state index is 0. The van der Waals surface area contributed by atoms with Crippen LogP contribution in [0.15, 0.2) is 0 Å². The molecule has 1 heterocycles. The van der Waals surface area contributed by atoms with Gasteiger partial charge in [0.15, 0.2) is 0 Å². The summed E-state index contributed by atoms with van der Waals surface area (Å²) in [5.74, 6) is 0. The topological polar surface area (TPSA) is 9.23 Å². The van der Waals surface area contributed by atoms with E-state index in [4.69, 9.17) is 4.74 Å². The molecule has 1 aliphatic rings.